The van der Waals surface area contributed by atoms with Crippen LogP contribution in [0.15, 0.2) is 46.8 Å². The van der Waals surface area contributed by atoms with E-state index in [9.17, 15) is 35.7 Å². The number of allylic oxidation sites excluding steroid dienone is 5. The van der Waals surface area contributed by atoms with E-state index in [0.717, 1.165) is 37.0 Å². The Labute approximate surface area is 381 Å². The van der Waals surface area contributed by atoms with Crippen LogP contribution in [-0.2, 0) is 9.53 Å². The van der Waals surface area contributed by atoms with Crippen molar-refractivity contribution in [3.05, 3.63) is 46.8 Å². The van der Waals surface area contributed by atoms with Gasteiger partial charge in [0.1, 0.15) is 6.10 Å². The van der Waals surface area contributed by atoms with Gasteiger partial charge in [0.15, 0.2) is 5.78 Å². The number of dihydropyridines is 1. The first-order chi connectivity index (χ1) is 30.3. The molecule has 2 aliphatic heterocycles. The van der Waals surface area contributed by atoms with Crippen LogP contribution in [0.25, 0.3) is 0 Å². The summed E-state index contributed by atoms with van der Waals surface area (Å²) in [7, 11) is 1.91. The van der Waals surface area contributed by atoms with Gasteiger partial charge in [-0.1, -0.05) is 58.3 Å². The van der Waals surface area contributed by atoms with Gasteiger partial charge >= 0.3 is 0 Å². The van der Waals surface area contributed by atoms with Gasteiger partial charge in [0.25, 0.3) is 0 Å². The molecule has 0 aromatic carbocycles. The number of hydrogen-bond donors (Lipinski definition) is 11. The third kappa shape index (κ3) is 7.71. The predicted octanol–water partition coefficient (Wildman–Crippen LogP) is 3.45. The summed E-state index contributed by atoms with van der Waals surface area (Å²) in [6.07, 6.45) is 12.6. The van der Waals surface area contributed by atoms with E-state index < -0.39 is 81.9 Å². The Bertz CT molecular complexity index is 1870. The summed E-state index contributed by atoms with van der Waals surface area (Å²) in [6.45, 7) is 10.3. The Morgan fingerprint density at radius 3 is 2.55 bits per heavy atom. The summed E-state index contributed by atoms with van der Waals surface area (Å²) in [5, 5.41) is 93.9. The van der Waals surface area contributed by atoms with Crippen LogP contribution in [0.1, 0.15) is 125 Å². The second kappa shape index (κ2) is 18.1. The molecular weight excluding hydrogens is 813 g/mol. The molecule has 0 amide bonds. The minimum absolute atomic E-state index is 0.00940. The number of hydrogen-bond acceptors (Lipinski definition) is 13. The zero-order valence-corrected chi connectivity index (χ0v) is 39.4. The van der Waals surface area contributed by atoms with E-state index in [2.05, 4.69) is 41.9 Å². The minimum atomic E-state index is -1.70. The third-order valence-electron chi connectivity index (χ3n) is 18.7. The quantitative estimate of drug-likeness (QED) is 0.113. The van der Waals surface area contributed by atoms with Crippen molar-refractivity contribution in [3.8, 4) is 0 Å². The van der Waals surface area contributed by atoms with Gasteiger partial charge in [0, 0.05) is 54.0 Å². The van der Waals surface area contributed by atoms with Gasteiger partial charge in [-0.2, -0.15) is 0 Å². The highest BCUT2D eigenvalue weighted by molar-refractivity contribution is 6.00. The molecule has 8 rings (SSSR count). The number of aliphatic hydroxyl groups is 7. The first kappa shape index (κ1) is 48.3. The van der Waals surface area contributed by atoms with E-state index in [1.807, 2.05) is 26.1 Å². The zero-order valence-electron chi connectivity index (χ0n) is 39.4. The van der Waals surface area contributed by atoms with E-state index in [1.165, 1.54) is 12.8 Å². The van der Waals surface area contributed by atoms with E-state index in [0.29, 0.717) is 56.1 Å². The largest absolute Gasteiger partial charge is 0.396 e. The molecule has 0 aromatic rings. The molecular formula is C51H82N4O9. The van der Waals surface area contributed by atoms with E-state index in [4.69, 9.17) is 10.5 Å². The van der Waals surface area contributed by atoms with E-state index in [1.54, 1.807) is 13.8 Å². The van der Waals surface area contributed by atoms with Crippen molar-refractivity contribution in [2.75, 3.05) is 26.7 Å². The van der Waals surface area contributed by atoms with Crippen molar-refractivity contribution < 1.29 is 45.3 Å². The molecule has 1 unspecified atom stereocenters. The molecule has 6 aliphatic carbocycles. The number of nitrogens with one attached hydrogen (secondary N) is 3. The number of nitrogens with two attached hydrogens (primary N) is 1. The van der Waals surface area contributed by atoms with E-state index in [-0.39, 0.29) is 61.8 Å². The molecule has 0 radical (unpaired) electrons. The maximum absolute atomic E-state index is 15.6. The van der Waals surface area contributed by atoms with Crippen LogP contribution in [0.3, 0.4) is 0 Å². The second-order valence-electron chi connectivity index (χ2n) is 22.6. The molecule has 64 heavy (non-hydrogen) atoms. The normalized spacial score (nSPS) is 45.9. The molecule has 1 saturated heterocycles. The molecule has 1 spiro atoms. The van der Waals surface area contributed by atoms with Gasteiger partial charge in [-0.15, -0.1) is 0 Å². The first-order valence-electron chi connectivity index (χ1n) is 25.1. The van der Waals surface area contributed by atoms with Crippen molar-refractivity contribution in [2.45, 2.75) is 179 Å². The molecule has 0 bridgehead atoms. The number of ether oxygens (including phenoxy) is 1. The topological polar surface area (TPSA) is 230 Å². The Balaban J connectivity index is 1.28. The Hall–Kier alpha value is -2.17. The molecule has 4 saturated carbocycles. The molecule has 8 aliphatic rings. The lowest BCUT2D eigenvalue weighted by atomic mass is 9.37. The summed E-state index contributed by atoms with van der Waals surface area (Å²) in [4.78, 5) is 15.6. The van der Waals surface area contributed by atoms with Crippen molar-refractivity contribution in [2.24, 2.45) is 63.4 Å². The van der Waals surface area contributed by atoms with Crippen molar-refractivity contribution in [1.29, 1.82) is 0 Å². The molecule has 13 nitrogen and oxygen atoms in total. The number of carbonyl (C=O) groups is 1. The lowest BCUT2D eigenvalue weighted by Crippen LogP contribution is -2.70. The van der Waals surface area contributed by atoms with E-state index >= 15 is 4.79 Å². The summed E-state index contributed by atoms with van der Waals surface area (Å²) >= 11 is 0. The van der Waals surface area contributed by atoms with Crippen LogP contribution < -0.4 is 21.7 Å². The number of rotatable bonds is 14. The van der Waals surface area contributed by atoms with Crippen molar-refractivity contribution in [3.63, 3.8) is 0 Å². The Kier molecular flexibility index (Phi) is 13.6. The van der Waals surface area contributed by atoms with Crippen molar-refractivity contribution >= 4 is 5.78 Å². The first-order valence-corrected chi connectivity index (χ1v) is 25.1. The fourth-order valence-electron chi connectivity index (χ4n) is 16.0. The third-order valence-corrected chi connectivity index (χ3v) is 18.7. The van der Waals surface area contributed by atoms with Gasteiger partial charge in [0.2, 0.25) is 0 Å². The fraction of sp³-hybridized carbons (Fsp3) is 0.824. The maximum atomic E-state index is 15.6. The van der Waals surface area contributed by atoms with Crippen LogP contribution in [-0.4, -0.2) is 122 Å². The van der Waals surface area contributed by atoms with Crippen LogP contribution in [0.4, 0.5) is 0 Å². The number of Topliss-reactive ketones (excluding diaryl/α,β-unsaturated/α-hetero) is 1. The van der Waals surface area contributed by atoms with Gasteiger partial charge in [0.05, 0.1) is 53.6 Å². The van der Waals surface area contributed by atoms with Gasteiger partial charge in [-0.3, -0.25) is 4.79 Å². The highest BCUT2D eigenvalue weighted by Gasteiger charge is 2.76. The molecule has 2 heterocycles. The van der Waals surface area contributed by atoms with Gasteiger partial charge < -0.3 is 62.2 Å². The Morgan fingerprint density at radius 2 is 1.84 bits per heavy atom. The molecule has 19 atom stereocenters. The summed E-state index contributed by atoms with van der Waals surface area (Å²) in [5.74, 6) is -1.33. The van der Waals surface area contributed by atoms with Crippen LogP contribution >= 0.6 is 0 Å². The molecule has 12 N–H and O–H groups in total. The summed E-state index contributed by atoms with van der Waals surface area (Å²) < 4.78 is 6.82. The lowest BCUT2D eigenvalue weighted by molar-refractivity contribution is -0.214. The smallest absolute Gasteiger partial charge is 0.182 e. The second-order valence-corrected chi connectivity index (χ2v) is 22.6. The highest BCUT2D eigenvalue weighted by atomic mass is 16.5. The van der Waals surface area contributed by atoms with Crippen LogP contribution in [0.2, 0.25) is 0 Å². The average Bonchev–Trinajstić information content (AvgIpc) is 3.55. The molecule has 5 fully saturated rings. The Morgan fingerprint density at radius 1 is 1.09 bits per heavy atom. The number of aliphatic hydroxyl groups excluding tert-OH is 5. The molecule has 360 valence electrons. The number of fused-ring (bicyclic) bond motifs is 3. The van der Waals surface area contributed by atoms with Crippen LogP contribution in [0, 0.1) is 57.7 Å². The van der Waals surface area contributed by atoms with Gasteiger partial charge in [-0.05, 0) is 138 Å². The lowest BCUT2D eigenvalue weighted by Gasteiger charge is -2.67. The monoisotopic (exact) mass is 895 g/mol. The number of carbonyl (C=O) groups excluding carboxylic acids is 1. The molecule has 0 aromatic heterocycles. The predicted molar refractivity (Wildman–Crippen MR) is 245 cm³/mol. The minimum Gasteiger partial charge on any atom is -0.396 e. The molecule has 13 heteroatoms. The standard InChI is InChI=1S/C51H82N4O9/c1-7-9-30-11-13-32-29(3)44(64-38(32)15-12-30)46(61)48(5,62)39-18-20-51(63)41-42(54-25-28(2)57)43(60)34-22-36(58)37(59)24-50(34)23-31(33-14-16-40(52)55-35(33)10-8-21-56)17-19-49(27-53-6,45(41)50)26-47(39,51)4/h14,16-17,19,28-32,34,36-40,44-46,53-59,61-63H,7-13,15,18,20-27,52H2,1-6H3/t28-,29-,30+,31+,32-,34-,36+,37-,38+,39-,40?,44+,45+,46+,47+,48+,49-,50-,51+/m0/s1. The van der Waals surface area contributed by atoms with Crippen LogP contribution in [0.5, 0.6) is 0 Å². The highest BCUT2D eigenvalue weighted by Crippen LogP contribution is 2.75. The van der Waals surface area contributed by atoms with Crippen molar-refractivity contribution in [1.82, 2.24) is 16.0 Å². The average molecular weight is 895 g/mol. The summed E-state index contributed by atoms with van der Waals surface area (Å²) in [6, 6.07) is 0. The SMILES string of the molecule is CCC[C@@H]1CC[C@H]2[C@H](C)[C@H]([C@@H](O)[C@](C)(O)[C@H]3CC[C@@]4(O)C5=C(NC[C@H](C)O)C(=O)[C@@H]6C[C@@H](O)[C@@H](O)C[C@@]67C[C@H](C6=C(CCCO)NC(N)C=C6)C=C[C@@](CNC)(C[C@]34C)[C@@H]57)O[C@@H]2CC1. The fourth-order valence-corrected chi connectivity index (χ4v) is 16.0. The number of ketones is 1. The van der Waals surface area contributed by atoms with Gasteiger partial charge in [-0.25, -0.2) is 0 Å². The summed E-state index contributed by atoms with van der Waals surface area (Å²) in [5.41, 5.74) is 2.97. The maximum Gasteiger partial charge on any atom is 0.182 e. The zero-order chi connectivity index (χ0) is 46.1.